The number of unbranched alkanes of at least 4 members (excludes halogenated alkanes) is 3. The van der Waals surface area contributed by atoms with Crippen LogP contribution in [0, 0.1) is 0 Å². The highest BCUT2D eigenvalue weighted by atomic mass is 32.2. The number of aliphatic carboxylic acids is 2. The third-order valence-electron chi connectivity index (χ3n) is 4.95. The van der Waals surface area contributed by atoms with Crippen molar-refractivity contribution in [2.24, 2.45) is 0 Å². The van der Waals surface area contributed by atoms with Crippen LogP contribution in [0.2, 0.25) is 0 Å². The smallest absolute Gasteiger partial charge is 0.328 e. The first-order valence-corrected chi connectivity index (χ1v) is 11.9. The minimum Gasteiger partial charge on any atom is -0.478 e. The highest BCUT2D eigenvalue weighted by molar-refractivity contribution is 7.99. The molecule has 9 heteroatoms. The largest absolute Gasteiger partial charge is 0.478 e. The topological polar surface area (TPSA) is 107 Å². The molecule has 0 unspecified atom stereocenters. The zero-order valence-electron chi connectivity index (χ0n) is 18.7. The highest BCUT2D eigenvalue weighted by Crippen LogP contribution is 2.28. The Morgan fingerprint density at radius 1 is 1.00 bits per heavy atom. The quantitative estimate of drug-likeness (QED) is 0.250. The molecular weight excluding hydrogens is 428 g/mol. The van der Waals surface area contributed by atoms with Gasteiger partial charge in [0.1, 0.15) is 5.03 Å². The average Bonchev–Trinajstić information content (AvgIpc) is 2.78. The van der Waals surface area contributed by atoms with Crippen molar-refractivity contribution in [1.82, 2.24) is 14.9 Å². The summed E-state index contributed by atoms with van der Waals surface area (Å²) in [5.74, 6) is -0.471. The summed E-state index contributed by atoms with van der Waals surface area (Å²) >= 11 is 1.89. The number of benzene rings is 1. The molecular formula is C23H32N4O4S. The van der Waals surface area contributed by atoms with Gasteiger partial charge < -0.3 is 20.0 Å². The van der Waals surface area contributed by atoms with E-state index in [0.29, 0.717) is 12.2 Å². The molecule has 1 aliphatic heterocycles. The number of carboxylic acids is 2. The predicted octanol–water partition coefficient (Wildman–Crippen LogP) is 3.77. The molecule has 8 nitrogen and oxygen atoms in total. The van der Waals surface area contributed by atoms with Crippen molar-refractivity contribution in [3.05, 3.63) is 36.4 Å². The average molecular weight is 461 g/mol. The fourth-order valence-corrected chi connectivity index (χ4v) is 4.15. The number of hydrogen-bond acceptors (Lipinski definition) is 7. The predicted molar refractivity (Wildman–Crippen MR) is 129 cm³/mol. The van der Waals surface area contributed by atoms with Crippen LogP contribution in [0.15, 0.2) is 41.4 Å². The van der Waals surface area contributed by atoms with Crippen molar-refractivity contribution in [2.75, 3.05) is 43.9 Å². The van der Waals surface area contributed by atoms with Gasteiger partial charge in [-0.1, -0.05) is 44.4 Å². The molecule has 2 N–H and O–H groups in total. The van der Waals surface area contributed by atoms with E-state index in [0.717, 1.165) is 48.4 Å². The maximum atomic E-state index is 9.55. The summed E-state index contributed by atoms with van der Waals surface area (Å²) in [7, 11) is 2.18. The van der Waals surface area contributed by atoms with Crippen LogP contribution in [0.25, 0.3) is 10.9 Å². The molecule has 1 aromatic heterocycles. The van der Waals surface area contributed by atoms with Gasteiger partial charge in [0.2, 0.25) is 5.95 Å². The van der Waals surface area contributed by atoms with E-state index in [9.17, 15) is 9.59 Å². The van der Waals surface area contributed by atoms with Gasteiger partial charge in [0, 0.05) is 43.7 Å². The summed E-state index contributed by atoms with van der Waals surface area (Å²) < 4.78 is 0. The van der Waals surface area contributed by atoms with Gasteiger partial charge in [-0.2, -0.15) is 0 Å². The normalized spacial score (nSPS) is 14.4. The molecule has 2 aromatic rings. The highest BCUT2D eigenvalue weighted by Gasteiger charge is 2.18. The Morgan fingerprint density at radius 3 is 2.28 bits per heavy atom. The number of para-hydroxylation sites is 1. The lowest BCUT2D eigenvalue weighted by Crippen LogP contribution is -2.45. The second-order valence-electron chi connectivity index (χ2n) is 7.56. The van der Waals surface area contributed by atoms with Crippen LogP contribution < -0.4 is 4.90 Å². The summed E-state index contributed by atoms with van der Waals surface area (Å²) in [4.78, 5) is 33.5. The molecule has 174 valence electrons. The molecule has 3 rings (SSSR count). The number of likely N-dealkylation sites (N-methyl/N-ethyl adjacent to an activating group) is 1. The van der Waals surface area contributed by atoms with Gasteiger partial charge in [-0.15, -0.1) is 11.8 Å². The summed E-state index contributed by atoms with van der Waals surface area (Å²) in [6.45, 7) is 6.43. The second kappa shape index (κ2) is 13.7. The zero-order chi connectivity index (χ0) is 23.3. The summed E-state index contributed by atoms with van der Waals surface area (Å²) in [6, 6.07) is 8.41. The first-order chi connectivity index (χ1) is 15.4. The van der Waals surface area contributed by atoms with Gasteiger partial charge in [0.05, 0.1) is 5.52 Å². The van der Waals surface area contributed by atoms with Gasteiger partial charge >= 0.3 is 11.9 Å². The molecule has 0 bridgehead atoms. The first-order valence-electron chi connectivity index (χ1n) is 10.9. The SMILES string of the molecule is CCCCCCSc1nc(N2CCN(C)CC2)nc2ccccc12.O=C(O)/C=C\C(=O)O. The fourth-order valence-electron chi connectivity index (χ4n) is 3.13. The Hall–Kier alpha value is -2.65. The van der Waals surface area contributed by atoms with Gasteiger partial charge in [-0.05, 0) is 25.3 Å². The van der Waals surface area contributed by atoms with E-state index < -0.39 is 11.9 Å². The molecule has 32 heavy (non-hydrogen) atoms. The van der Waals surface area contributed by atoms with Crippen LogP contribution in [-0.2, 0) is 9.59 Å². The number of nitrogens with zero attached hydrogens (tertiary/aromatic N) is 4. The number of carboxylic acid groups (broad SMARTS) is 2. The van der Waals surface area contributed by atoms with Crippen molar-refractivity contribution in [1.29, 1.82) is 0 Å². The lowest BCUT2D eigenvalue weighted by atomic mass is 10.2. The van der Waals surface area contributed by atoms with Crippen molar-refractivity contribution in [2.45, 2.75) is 37.6 Å². The van der Waals surface area contributed by atoms with Crippen LogP contribution in [0.5, 0.6) is 0 Å². The van der Waals surface area contributed by atoms with Crippen LogP contribution in [-0.4, -0.2) is 76.0 Å². The number of hydrogen-bond donors (Lipinski definition) is 2. The molecule has 1 saturated heterocycles. The lowest BCUT2D eigenvalue weighted by Gasteiger charge is -2.32. The molecule has 1 aromatic carbocycles. The summed E-state index contributed by atoms with van der Waals surface area (Å²) in [5, 5.41) is 18.0. The molecule has 0 aliphatic carbocycles. The number of anilines is 1. The molecule has 0 saturated carbocycles. The van der Waals surface area contributed by atoms with E-state index >= 15 is 0 Å². The third-order valence-corrected chi connectivity index (χ3v) is 6.03. The van der Waals surface area contributed by atoms with E-state index in [2.05, 4.69) is 48.0 Å². The van der Waals surface area contributed by atoms with E-state index in [1.54, 1.807) is 0 Å². The maximum Gasteiger partial charge on any atom is 0.328 e. The van der Waals surface area contributed by atoms with Gasteiger partial charge in [-0.25, -0.2) is 19.6 Å². The Balaban J connectivity index is 0.000000390. The van der Waals surface area contributed by atoms with Crippen LogP contribution >= 0.6 is 11.8 Å². The Labute approximate surface area is 193 Å². The zero-order valence-corrected chi connectivity index (χ0v) is 19.6. The third kappa shape index (κ3) is 8.84. The van der Waals surface area contributed by atoms with Crippen LogP contribution in [0.1, 0.15) is 32.6 Å². The fraction of sp³-hybridized carbons (Fsp3) is 0.478. The molecule has 1 fully saturated rings. The molecule has 0 amide bonds. The monoisotopic (exact) mass is 460 g/mol. The molecule has 2 heterocycles. The number of thioether (sulfide) groups is 1. The second-order valence-corrected chi connectivity index (χ2v) is 8.64. The summed E-state index contributed by atoms with van der Waals surface area (Å²) in [5.41, 5.74) is 1.07. The van der Waals surface area contributed by atoms with Gasteiger partial charge in [0.25, 0.3) is 0 Å². The Bertz CT molecular complexity index is 898. The number of fused-ring (bicyclic) bond motifs is 1. The van der Waals surface area contributed by atoms with Crippen LogP contribution in [0.4, 0.5) is 5.95 Å². The van der Waals surface area contributed by atoms with Gasteiger partial charge in [0.15, 0.2) is 0 Å². The van der Waals surface area contributed by atoms with E-state index in [-0.39, 0.29) is 0 Å². The van der Waals surface area contributed by atoms with E-state index in [4.69, 9.17) is 20.2 Å². The minimum atomic E-state index is -1.26. The van der Waals surface area contributed by atoms with E-state index in [1.807, 2.05) is 11.8 Å². The number of aromatic nitrogens is 2. The van der Waals surface area contributed by atoms with Crippen LogP contribution in [0.3, 0.4) is 0 Å². The first kappa shape index (κ1) is 25.6. The van der Waals surface area contributed by atoms with Crippen molar-refractivity contribution >= 4 is 40.6 Å². The minimum absolute atomic E-state index is 0.558. The van der Waals surface area contributed by atoms with E-state index in [1.165, 1.54) is 31.1 Å². The standard InChI is InChI=1S/C19H28N4S.C4H4O4/c1-3-4-5-8-15-24-18-16-9-6-7-10-17(16)20-19(21-18)23-13-11-22(2)12-14-23;5-3(6)1-2-4(7)8/h6-7,9-10H,3-5,8,11-15H2,1-2H3;1-2H,(H,5,6)(H,7,8)/b;2-1-. The van der Waals surface area contributed by atoms with Crippen molar-refractivity contribution in [3.63, 3.8) is 0 Å². The summed E-state index contributed by atoms with van der Waals surface area (Å²) in [6.07, 6.45) is 6.31. The molecule has 1 aliphatic rings. The lowest BCUT2D eigenvalue weighted by molar-refractivity contribution is -0.134. The Morgan fingerprint density at radius 2 is 1.66 bits per heavy atom. The molecule has 0 spiro atoms. The van der Waals surface area contributed by atoms with Gasteiger partial charge in [-0.3, -0.25) is 0 Å². The van der Waals surface area contributed by atoms with Crippen molar-refractivity contribution < 1.29 is 19.8 Å². The Kier molecular flexibility index (Phi) is 11.0. The van der Waals surface area contributed by atoms with Crippen molar-refractivity contribution in [3.8, 4) is 0 Å². The molecule has 0 atom stereocenters. The number of carbonyl (C=O) groups is 2. The number of rotatable bonds is 9. The molecule has 0 radical (unpaired) electrons. The number of piperazine rings is 1. The maximum absolute atomic E-state index is 9.55.